The average molecular weight is 240 g/mol. The third kappa shape index (κ3) is 3.26. The van der Waals surface area contributed by atoms with Crippen LogP contribution in [0, 0.1) is 0 Å². The molecular weight excluding hydrogens is 228 g/mol. The predicted octanol–water partition coefficient (Wildman–Crippen LogP) is 4.25. The van der Waals surface area contributed by atoms with E-state index in [1.54, 1.807) is 6.08 Å². The smallest absolute Gasteiger partial charge is 0.181 e. The molecule has 0 spiro atoms. The van der Waals surface area contributed by atoms with Crippen LogP contribution in [0.25, 0.3) is 17.2 Å². The fourth-order valence-corrected chi connectivity index (χ4v) is 1.65. The zero-order valence-electron chi connectivity index (χ0n) is 9.21. The molecule has 0 fully saturated rings. The van der Waals surface area contributed by atoms with Gasteiger partial charge < -0.3 is 5.11 Å². The molecule has 0 saturated carbocycles. The molecule has 0 heterocycles. The van der Waals surface area contributed by atoms with Crippen molar-refractivity contribution in [3.05, 3.63) is 66.2 Å². The molecule has 2 heteroatoms. The first-order valence-electron chi connectivity index (χ1n) is 5.32. The molecule has 0 aliphatic rings. The summed E-state index contributed by atoms with van der Waals surface area (Å²) in [6.45, 7) is 0. The Labute approximate surface area is 106 Å². The van der Waals surface area contributed by atoms with Crippen LogP contribution in [0.3, 0.4) is 0 Å². The van der Waals surface area contributed by atoms with Crippen LogP contribution >= 0.6 is 12.2 Å². The van der Waals surface area contributed by atoms with Crippen molar-refractivity contribution in [2.24, 2.45) is 0 Å². The van der Waals surface area contributed by atoms with Crippen molar-refractivity contribution in [1.82, 2.24) is 0 Å². The normalized spacial score (nSPS) is 10.6. The zero-order valence-corrected chi connectivity index (χ0v) is 10.0. The van der Waals surface area contributed by atoms with Crippen molar-refractivity contribution < 1.29 is 5.11 Å². The number of aliphatic hydroxyl groups is 1. The first-order valence-corrected chi connectivity index (χ1v) is 5.73. The first-order chi connectivity index (χ1) is 8.25. The third-order valence-electron chi connectivity index (χ3n) is 2.44. The quantitative estimate of drug-likeness (QED) is 0.639. The van der Waals surface area contributed by atoms with E-state index in [-0.39, 0.29) is 5.05 Å². The molecule has 84 valence electrons. The van der Waals surface area contributed by atoms with Gasteiger partial charge in [-0.1, -0.05) is 60.7 Å². The molecule has 0 amide bonds. The number of aliphatic hydroxyl groups excluding tert-OH is 1. The number of rotatable bonds is 3. The van der Waals surface area contributed by atoms with E-state index in [0.29, 0.717) is 0 Å². The second kappa shape index (κ2) is 5.41. The van der Waals surface area contributed by atoms with Crippen molar-refractivity contribution >= 4 is 23.3 Å². The van der Waals surface area contributed by atoms with Gasteiger partial charge in [0.1, 0.15) is 0 Å². The summed E-state index contributed by atoms with van der Waals surface area (Å²) in [4.78, 5) is 0. The van der Waals surface area contributed by atoms with Crippen molar-refractivity contribution in [3.63, 3.8) is 0 Å². The highest BCUT2D eigenvalue weighted by molar-refractivity contribution is 7.80. The summed E-state index contributed by atoms with van der Waals surface area (Å²) < 4.78 is 0. The Morgan fingerprint density at radius 1 is 0.882 bits per heavy atom. The maximum atomic E-state index is 8.89. The lowest BCUT2D eigenvalue weighted by molar-refractivity contribution is 0.574. The summed E-state index contributed by atoms with van der Waals surface area (Å²) in [5.74, 6) is 0. The van der Waals surface area contributed by atoms with Gasteiger partial charge >= 0.3 is 0 Å². The molecule has 1 nitrogen and oxygen atoms in total. The van der Waals surface area contributed by atoms with E-state index in [2.05, 4.69) is 36.5 Å². The standard InChI is InChI=1S/C15H12OS/c16-15(17)11-8-12-6-9-14(10-7-12)13-4-2-1-3-5-13/h1-11H,(H,16,17). The third-order valence-corrected chi connectivity index (χ3v) is 2.57. The fraction of sp³-hybridized carbons (Fsp3) is 0. The largest absolute Gasteiger partial charge is 0.499 e. The molecular formula is C15H12OS. The van der Waals surface area contributed by atoms with Gasteiger partial charge in [-0.3, -0.25) is 0 Å². The molecule has 2 aromatic carbocycles. The van der Waals surface area contributed by atoms with Crippen LogP contribution in [0.2, 0.25) is 0 Å². The first kappa shape index (κ1) is 11.6. The van der Waals surface area contributed by atoms with Gasteiger partial charge in [-0.2, -0.15) is 0 Å². The van der Waals surface area contributed by atoms with Crippen molar-refractivity contribution in [3.8, 4) is 11.1 Å². The van der Waals surface area contributed by atoms with Crippen LogP contribution < -0.4 is 0 Å². The van der Waals surface area contributed by atoms with Gasteiger partial charge in [0.25, 0.3) is 0 Å². The lowest BCUT2D eigenvalue weighted by Crippen LogP contribution is -1.82. The minimum Gasteiger partial charge on any atom is -0.499 e. The maximum Gasteiger partial charge on any atom is 0.181 e. The molecule has 2 aromatic rings. The summed E-state index contributed by atoms with van der Waals surface area (Å²) in [7, 11) is 0. The van der Waals surface area contributed by atoms with Gasteiger partial charge in [0.15, 0.2) is 5.05 Å². The van der Waals surface area contributed by atoms with E-state index < -0.39 is 0 Å². The van der Waals surface area contributed by atoms with E-state index in [9.17, 15) is 0 Å². The minimum absolute atomic E-state index is 0.0999. The molecule has 0 unspecified atom stereocenters. The van der Waals surface area contributed by atoms with Gasteiger partial charge in [0.05, 0.1) is 0 Å². The van der Waals surface area contributed by atoms with Crippen LogP contribution in [0.5, 0.6) is 0 Å². The Bertz CT molecular complexity index is 527. The van der Waals surface area contributed by atoms with E-state index in [1.807, 2.05) is 30.3 Å². The second-order valence-electron chi connectivity index (χ2n) is 3.66. The molecule has 0 aromatic heterocycles. The van der Waals surface area contributed by atoms with E-state index in [4.69, 9.17) is 5.11 Å². The summed E-state index contributed by atoms with van der Waals surface area (Å²) >= 11 is 4.57. The van der Waals surface area contributed by atoms with Crippen molar-refractivity contribution in [1.29, 1.82) is 0 Å². The Balaban J connectivity index is 2.22. The lowest BCUT2D eigenvalue weighted by atomic mass is 10.0. The number of thiocarbonyl (C=S) groups is 1. The predicted molar refractivity (Wildman–Crippen MR) is 76.1 cm³/mol. The zero-order chi connectivity index (χ0) is 12.1. The Morgan fingerprint density at radius 2 is 1.47 bits per heavy atom. The highest BCUT2D eigenvalue weighted by Gasteiger charge is 1.95. The summed E-state index contributed by atoms with van der Waals surface area (Å²) in [5.41, 5.74) is 3.39. The Kier molecular flexibility index (Phi) is 3.68. The summed E-state index contributed by atoms with van der Waals surface area (Å²) in [5, 5.41) is 8.79. The van der Waals surface area contributed by atoms with Crippen molar-refractivity contribution in [2.75, 3.05) is 0 Å². The minimum atomic E-state index is -0.0999. The van der Waals surface area contributed by atoms with Gasteiger partial charge in [-0.15, -0.1) is 0 Å². The van der Waals surface area contributed by atoms with Crippen molar-refractivity contribution in [2.45, 2.75) is 0 Å². The highest BCUT2D eigenvalue weighted by Crippen LogP contribution is 2.19. The molecule has 0 atom stereocenters. The Hall–Kier alpha value is -1.93. The molecule has 17 heavy (non-hydrogen) atoms. The Morgan fingerprint density at radius 3 is 2.06 bits per heavy atom. The molecule has 0 saturated heterocycles. The molecule has 0 bridgehead atoms. The highest BCUT2D eigenvalue weighted by atomic mass is 32.1. The molecule has 1 N–H and O–H groups in total. The van der Waals surface area contributed by atoms with Gasteiger partial charge in [-0.25, -0.2) is 0 Å². The lowest BCUT2D eigenvalue weighted by Gasteiger charge is -2.01. The van der Waals surface area contributed by atoms with Gasteiger partial charge in [0, 0.05) is 0 Å². The number of hydrogen-bond acceptors (Lipinski definition) is 1. The molecule has 0 aliphatic carbocycles. The van der Waals surface area contributed by atoms with Gasteiger partial charge in [-0.05, 0) is 35.0 Å². The summed E-state index contributed by atoms with van der Waals surface area (Å²) in [6, 6.07) is 18.3. The van der Waals surface area contributed by atoms with E-state index in [1.165, 1.54) is 17.2 Å². The second-order valence-corrected chi connectivity index (χ2v) is 4.08. The topological polar surface area (TPSA) is 20.2 Å². The average Bonchev–Trinajstić information content (AvgIpc) is 2.38. The van der Waals surface area contributed by atoms with Gasteiger partial charge in [0.2, 0.25) is 0 Å². The van der Waals surface area contributed by atoms with E-state index in [0.717, 1.165) is 5.56 Å². The number of hydrogen-bond donors (Lipinski definition) is 1. The monoisotopic (exact) mass is 240 g/mol. The summed E-state index contributed by atoms with van der Waals surface area (Å²) in [6.07, 6.45) is 3.30. The van der Waals surface area contributed by atoms with E-state index >= 15 is 0 Å². The molecule has 2 rings (SSSR count). The van der Waals surface area contributed by atoms with Crippen LogP contribution in [-0.4, -0.2) is 10.2 Å². The SMILES string of the molecule is OC(=S)C=Cc1ccc(-c2ccccc2)cc1. The van der Waals surface area contributed by atoms with Crippen LogP contribution in [0.1, 0.15) is 5.56 Å². The molecule has 0 radical (unpaired) electrons. The van der Waals surface area contributed by atoms with Crippen LogP contribution in [-0.2, 0) is 0 Å². The van der Waals surface area contributed by atoms with Crippen LogP contribution in [0.15, 0.2) is 60.7 Å². The van der Waals surface area contributed by atoms with Crippen LogP contribution in [0.4, 0.5) is 0 Å². The fourth-order valence-electron chi connectivity index (χ4n) is 1.58. The number of benzene rings is 2. The molecule has 0 aliphatic heterocycles. The maximum absolute atomic E-state index is 8.89.